The third-order valence-corrected chi connectivity index (χ3v) is 4.20. The van der Waals surface area contributed by atoms with E-state index in [4.69, 9.17) is 11.6 Å². The van der Waals surface area contributed by atoms with Gasteiger partial charge in [-0.15, -0.1) is 10.5 Å². The average molecular weight is 371 g/mol. The van der Waals surface area contributed by atoms with Gasteiger partial charge >= 0.3 is 6.03 Å². The number of carbonyl (C=O) groups is 1. The van der Waals surface area contributed by atoms with Crippen molar-refractivity contribution in [1.29, 1.82) is 0 Å². The number of halogens is 1. The molecule has 0 unspecified atom stereocenters. The molecule has 1 aromatic carbocycles. The largest absolute Gasteiger partial charge is 0.361 e. The van der Waals surface area contributed by atoms with Crippen LogP contribution in [0, 0.1) is 0 Å². The lowest BCUT2D eigenvalue weighted by atomic mass is 10.1. The van der Waals surface area contributed by atoms with Gasteiger partial charge < -0.3 is 0 Å². The number of aromatic nitrogens is 1. The maximum Gasteiger partial charge on any atom is 0.361 e. The minimum absolute atomic E-state index is 0.0475. The molecule has 1 aliphatic heterocycles. The summed E-state index contributed by atoms with van der Waals surface area (Å²) in [7, 11) is 0. The van der Waals surface area contributed by atoms with E-state index >= 15 is 0 Å². The fourth-order valence-electron chi connectivity index (χ4n) is 2.56. The van der Waals surface area contributed by atoms with Crippen LogP contribution >= 0.6 is 11.6 Å². The van der Waals surface area contributed by atoms with Crippen molar-refractivity contribution in [3.8, 4) is 11.1 Å². The van der Waals surface area contributed by atoms with Crippen molar-refractivity contribution in [1.82, 2.24) is 20.4 Å². The molecule has 2 amide bonds. The molecule has 0 aliphatic carbocycles. The van der Waals surface area contributed by atoms with Crippen LogP contribution in [0.3, 0.4) is 0 Å². The van der Waals surface area contributed by atoms with E-state index in [2.05, 4.69) is 15.5 Å². The topological polar surface area (TPSA) is 62.9 Å². The molecule has 2 heterocycles. The zero-order valence-corrected chi connectivity index (χ0v) is 16.0. The molecular weight excluding hydrogens is 350 g/mol. The summed E-state index contributed by atoms with van der Waals surface area (Å²) in [5.41, 5.74) is 7.29. The van der Waals surface area contributed by atoms with Crippen molar-refractivity contribution in [2.75, 3.05) is 0 Å². The highest BCUT2D eigenvalue weighted by atomic mass is 35.5. The highest BCUT2D eigenvalue weighted by Gasteiger charge is 2.33. The third kappa shape index (κ3) is 3.65. The Bertz CT molecular complexity index is 815. The van der Waals surface area contributed by atoms with Crippen molar-refractivity contribution in [3.63, 3.8) is 0 Å². The molecule has 0 saturated heterocycles. The highest BCUT2D eigenvalue weighted by molar-refractivity contribution is 6.29. The van der Waals surface area contributed by atoms with Gasteiger partial charge in [-0.25, -0.2) is 19.8 Å². The molecule has 0 bridgehead atoms. The smallest absolute Gasteiger partial charge is 0.244 e. The second kappa shape index (κ2) is 7.33. The van der Waals surface area contributed by atoms with Crippen LogP contribution in [-0.4, -0.2) is 39.0 Å². The highest BCUT2D eigenvalue weighted by Crippen LogP contribution is 2.22. The molecule has 2 aromatic rings. The second-order valence-corrected chi connectivity index (χ2v) is 7.02. The number of urea groups is 1. The van der Waals surface area contributed by atoms with Crippen LogP contribution in [0.15, 0.2) is 47.7 Å². The molecule has 6 nitrogen and oxygen atoms in total. The Morgan fingerprint density at radius 1 is 0.846 bits per heavy atom. The lowest BCUT2D eigenvalue weighted by Crippen LogP contribution is -2.56. The SMILES string of the molecule is CC(C)N1[N]C(c2ccc(-c3ccc(Cl)nc3)cc2)=NN(C(C)C)C1=O. The van der Waals surface area contributed by atoms with E-state index in [0.29, 0.717) is 11.0 Å². The standard InChI is InChI=1S/C19H21ClN5O/c1-12(2)24-19(26)25(13(3)4)23-18(22-24)15-7-5-14(6-8-15)16-9-10-17(20)21-11-16/h5-13H,1-4H3. The summed E-state index contributed by atoms with van der Waals surface area (Å²) in [6, 6.07) is 11.2. The maximum absolute atomic E-state index is 12.5. The van der Waals surface area contributed by atoms with Gasteiger partial charge in [-0.2, -0.15) is 0 Å². The predicted octanol–water partition coefficient (Wildman–Crippen LogP) is 4.14. The van der Waals surface area contributed by atoms with Crippen LogP contribution in [0.2, 0.25) is 5.15 Å². The fraction of sp³-hybridized carbons (Fsp3) is 0.316. The third-order valence-electron chi connectivity index (χ3n) is 3.98. The minimum atomic E-state index is -0.206. The Balaban J connectivity index is 1.91. The van der Waals surface area contributed by atoms with Crippen LogP contribution in [0.25, 0.3) is 11.1 Å². The quantitative estimate of drug-likeness (QED) is 0.759. The van der Waals surface area contributed by atoms with Crippen LogP contribution in [0.4, 0.5) is 4.79 Å². The van der Waals surface area contributed by atoms with Gasteiger partial charge in [0.05, 0.1) is 12.1 Å². The number of hydrazone groups is 1. The van der Waals surface area contributed by atoms with E-state index in [1.54, 1.807) is 12.3 Å². The van der Waals surface area contributed by atoms with Crippen LogP contribution in [-0.2, 0) is 0 Å². The van der Waals surface area contributed by atoms with Crippen molar-refractivity contribution in [2.45, 2.75) is 39.8 Å². The van der Waals surface area contributed by atoms with E-state index in [1.807, 2.05) is 58.0 Å². The van der Waals surface area contributed by atoms with Gasteiger partial charge in [0.25, 0.3) is 0 Å². The molecule has 0 N–H and O–H groups in total. The summed E-state index contributed by atoms with van der Waals surface area (Å²) in [6.45, 7) is 7.72. The second-order valence-electron chi connectivity index (χ2n) is 6.63. The summed E-state index contributed by atoms with van der Waals surface area (Å²) in [4.78, 5) is 16.6. The number of pyridine rings is 1. The zero-order valence-electron chi connectivity index (χ0n) is 15.2. The monoisotopic (exact) mass is 370 g/mol. The van der Waals surface area contributed by atoms with Gasteiger partial charge in [-0.1, -0.05) is 35.9 Å². The summed E-state index contributed by atoms with van der Waals surface area (Å²) in [5, 5.41) is 7.85. The Morgan fingerprint density at radius 3 is 1.96 bits per heavy atom. The Hall–Kier alpha value is -2.60. The minimum Gasteiger partial charge on any atom is -0.244 e. The van der Waals surface area contributed by atoms with Crippen molar-refractivity contribution < 1.29 is 4.79 Å². The lowest BCUT2D eigenvalue weighted by Gasteiger charge is -2.35. The maximum atomic E-state index is 12.5. The molecular formula is C19H21ClN5O. The van der Waals surface area contributed by atoms with Gasteiger partial charge in [-0.3, -0.25) is 0 Å². The summed E-state index contributed by atoms with van der Waals surface area (Å²) < 4.78 is 0. The molecule has 7 heteroatoms. The van der Waals surface area contributed by atoms with Crippen molar-refractivity contribution >= 4 is 23.5 Å². The van der Waals surface area contributed by atoms with Gasteiger partial charge in [0.15, 0.2) is 5.84 Å². The lowest BCUT2D eigenvalue weighted by molar-refractivity contribution is 0.104. The molecule has 3 rings (SSSR count). The fourth-order valence-corrected chi connectivity index (χ4v) is 2.67. The Labute approximate surface area is 158 Å². The average Bonchev–Trinajstić information content (AvgIpc) is 2.62. The molecule has 1 radical (unpaired) electrons. The first-order chi connectivity index (χ1) is 12.4. The molecule has 0 saturated carbocycles. The van der Waals surface area contributed by atoms with Gasteiger partial charge in [0.1, 0.15) is 5.15 Å². The summed E-state index contributed by atoms with van der Waals surface area (Å²) in [5.74, 6) is 0.521. The zero-order chi connectivity index (χ0) is 18.8. The van der Waals surface area contributed by atoms with Gasteiger partial charge in [0.2, 0.25) is 0 Å². The number of amides is 2. The first-order valence-corrected chi connectivity index (χ1v) is 8.89. The number of rotatable bonds is 4. The number of carbonyl (C=O) groups excluding carboxylic acids is 1. The number of nitrogens with zero attached hydrogens (tertiary/aromatic N) is 5. The molecule has 1 aliphatic rings. The molecule has 0 spiro atoms. The van der Waals surface area contributed by atoms with E-state index < -0.39 is 0 Å². The number of benzene rings is 1. The van der Waals surface area contributed by atoms with E-state index in [0.717, 1.165) is 16.7 Å². The first kappa shape index (κ1) is 18.2. The van der Waals surface area contributed by atoms with E-state index in [1.165, 1.54) is 10.0 Å². The number of hydrogen-bond donors (Lipinski definition) is 0. The van der Waals surface area contributed by atoms with Gasteiger partial charge in [-0.05, 0) is 45.4 Å². The normalized spacial score (nSPS) is 14.7. The molecule has 0 fully saturated rings. The predicted molar refractivity (Wildman–Crippen MR) is 103 cm³/mol. The Kier molecular flexibility index (Phi) is 5.13. The van der Waals surface area contributed by atoms with Crippen LogP contribution in [0.1, 0.15) is 33.3 Å². The molecule has 1 aromatic heterocycles. The summed E-state index contributed by atoms with van der Waals surface area (Å²) in [6.07, 6.45) is 1.74. The first-order valence-electron chi connectivity index (χ1n) is 8.52. The van der Waals surface area contributed by atoms with E-state index in [-0.39, 0.29) is 18.1 Å². The molecule has 26 heavy (non-hydrogen) atoms. The Morgan fingerprint density at radius 2 is 1.42 bits per heavy atom. The van der Waals surface area contributed by atoms with Crippen molar-refractivity contribution in [2.24, 2.45) is 5.10 Å². The van der Waals surface area contributed by atoms with Gasteiger partial charge in [0, 0.05) is 17.3 Å². The molecule has 135 valence electrons. The summed E-state index contributed by atoms with van der Waals surface area (Å²) >= 11 is 5.84. The van der Waals surface area contributed by atoms with Crippen LogP contribution < -0.4 is 5.43 Å². The van der Waals surface area contributed by atoms with Crippen molar-refractivity contribution in [3.05, 3.63) is 53.3 Å². The number of hydrogen-bond acceptors (Lipinski definition) is 3. The van der Waals surface area contributed by atoms with E-state index in [9.17, 15) is 4.79 Å². The number of amidine groups is 1. The van der Waals surface area contributed by atoms with Crippen LogP contribution in [0.5, 0.6) is 0 Å². The molecule has 0 atom stereocenters.